The summed E-state index contributed by atoms with van der Waals surface area (Å²) in [7, 11) is 0. The molecule has 5 rings (SSSR count). The highest BCUT2D eigenvalue weighted by molar-refractivity contribution is 5.82. The standard InChI is InChI=1S/C25H20FN3O2/c26-20-12-10-17(11-13-20)24-19(16-29(28-24)21-7-2-1-3-8-21)15-27-25(30)23-14-18-6-4-5-9-22(18)31-23/h1-13,16,23H,14-15H2,(H,27,30)/t23-/m0/s1. The first-order valence-corrected chi connectivity index (χ1v) is 10.1. The van der Waals surface area contributed by atoms with E-state index in [2.05, 4.69) is 5.32 Å². The number of hydrogen-bond donors (Lipinski definition) is 1. The predicted octanol–water partition coefficient (Wildman–Crippen LogP) is 4.30. The number of benzene rings is 3. The van der Waals surface area contributed by atoms with E-state index in [1.54, 1.807) is 16.8 Å². The fourth-order valence-corrected chi connectivity index (χ4v) is 3.73. The van der Waals surface area contributed by atoms with Crippen LogP contribution in [0.1, 0.15) is 11.1 Å². The summed E-state index contributed by atoms with van der Waals surface area (Å²) in [4.78, 5) is 12.7. The van der Waals surface area contributed by atoms with Crippen LogP contribution >= 0.6 is 0 Å². The Labute approximate surface area is 179 Å². The summed E-state index contributed by atoms with van der Waals surface area (Å²) in [5.41, 5.74) is 4.24. The van der Waals surface area contributed by atoms with Gasteiger partial charge < -0.3 is 10.1 Å². The summed E-state index contributed by atoms with van der Waals surface area (Å²) in [5, 5.41) is 7.67. The molecule has 1 N–H and O–H groups in total. The van der Waals surface area contributed by atoms with Crippen molar-refractivity contribution in [3.05, 3.63) is 102 Å². The number of amides is 1. The minimum atomic E-state index is -0.546. The maximum Gasteiger partial charge on any atom is 0.261 e. The zero-order valence-electron chi connectivity index (χ0n) is 16.7. The number of hydrogen-bond acceptors (Lipinski definition) is 3. The Kier molecular flexibility index (Phi) is 4.96. The Morgan fingerprint density at radius 1 is 1.03 bits per heavy atom. The molecule has 154 valence electrons. The van der Waals surface area contributed by atoms with Crippen molar-refractivity contribution < 1.29 is 13.9 Å². The van der Waals surface area contributed by atoms with Crippen LogP contribution in [-0.2, 0) is 17.8 Å². The molecule has 1 atom stereocenters. The van der Waals surface area contributed by atoms with E-state index in [1.807, 2.05) is 60.8 Å². The number of ether oxygens (including phenoxy) is 1. The molecule has 0 fully saturated rings. The Bertz CT molecular complexity index is 1190. The van der Waals surface area contributed by atoms with Crippen LogP contribution in [0.4, 0.5) is 4.39 Å². The summed E-state index contributed by atoms with van der Waals surface area (Å²) in [6.07, 6.45) is 1.89. The minimum Gasteiger partial charge on any atom is -0.480 e. The van der Waals surface area contributed by atoms with Gasteiger partial charge in [-0.1, -0.05) is 36.4 Å². The van der Waals surface area contributed by atoms with E-state index in [0.29, 0.717) is 12.1 Å². The van der Waals surface area contributed by atoms with Crippen LogP contribution in [0, 0.1) is 5.82 Å². The summed E-state index contributed by atoms with van der Waals surface area (Å²) in [6.45, 7) is 0.286. The third kappa shape index (κ3) is 3.92. The van der Waals surface area contributed by atoms with E-state index >= 15 is 0 Å². The van der Waals surface area contributed by atoms with Crippen molar-refractivity contribution in [2.75, 3.05) is 0 Å². The number of nitrogens with zero attached hydrogens (tertiary/aromatic N) is 2. The Balaban J connectivity index is 1.38. The zero-order chi connectivity index (χ0) is 21.2. The van der Waals surface area contributed by atoms with E-state index in [4.69, 9.17) is 9.84 Å². The number of rotatable bonds is 5. The Morgan fingerprint density at radius 2 is 1.77 bits per heavy atom. The molecule has 6 heteroatoms. The molecule has 0 aliphatic carbocycles. The van der Waals surface area contributed by atoms with E-state index < -0.39 is 6.10 Å². The minimum absolute atomic E-state index is 0.172. The van der Waals surface area contributed by atoms with Gasteiger partial charge in [-0.25, -0.2) is 9.07 Å². The number of fused-ring (bicyclic) bond motifs is 1. The molecule has 4 aromatic rings. The highest BCUT2D eigenvalue weighted by Gasteiger charge is 2.28. The van der Waals surface area contributed by atoms with E-state index in [0.717, 1.165) is 28.1 Å². The summed E-state index contributed by atoms with van der Waals surface area (Å²) in [5.74, 6) is 0.277. The molecule has 1 aliphatic heterocycles. The molecule has 0 bridgehead atoms. The second-order valence-corrected chi connectivity index (χ2v) is 7.43. The third-order valence-corrected chi connectivity index (χ3v) is 5.32. The first-order valence-electron chi connectivity index (χ1n) is 10.1. The lowest BCUT2D eigenvalue weighted by Gasteiger charge is -2.11. The molecule has 5 nitrogen and oxygen atoms in total. The van der Waals surface area contributed by atoms with Crippen LogP contribution < -0.4 is 10.1 Å². The lowest BCUT2D eigenvalue weighted by molar-refractivity contribution is -0.127. The van der Waals surface area contributed by atoms with Gasteiger partial charge in [0.2, 0.25) is 0 Å². The highest BCUT2D eigenvalue weighted by atomic mass is 19.1. The Morgan fingerprint density at radius 3 is 2.55 bits per heavy atom. The normalized spacial score (nSPS) is 14.7. The van der Waals surface area contributed by atoms with Gasteiger partial charge in [-0.2, -0.15) is 5.10 Å². The summed E-state index contributed by atoms with van der Waals surface area (Å²) >= 11 is 0. The molecule has 0 radical (unpaired) electrons. The van der Waals surface area contributed by atoms with E-state index in [-0.39, 0.29) is 18.3 Å². The van der Waals surface area contributed by atoms with Crippen LogP contribution in [0.2, 0.25) is 0 Å². The van der Waals surface area contributed by atoms with Crippen LogP contribution in [0.25, 0.3) is 16.9 Å². The highest BCUT2D eigenvalue weighted by Crippen LogP contribution is 2.28. The molecular formula is C25H20FN3O2. The van der Waals surface area contributed by atoms with Gasteiger partial charge in [0.25, 0.3) is 5.91 Å². The number of carbonyl (C=O) groups excluding carboxylic acids is 1. The van der Waals surface area contributed by atoms with Gasteiger partial charge >= 0.3 is 0 Å². The van der Waals surface area contributed by atoms with Crippen molar-refractivity contribution in [1.29, 1.82) is 0 Å². The molecular weight excluding hydrogens is 393 g/mol. The molecule has 1 amide bonds. The SMILES string of the molecule is O=C(NCc1cn(-c2ccccc2)nc1-c1ccc(F)cc1)[C@@H]1Cc2ccccc2O1. The largest absolute Gasteiger partial charge is 0.480 e. The van der Waals surface area contributed by atoms with Gasteiger partial charge in [0.1, 0.15) is 11.6 Å². The van der Waals surface area contributed by atoms with Crippen LogP contribution in [0.5, 0.6) is 5.75 Å². The zero-order valence-corrected chi connectivity index (χ0v) is 16.7. The van der Waals surface area contributed by atoms with Crippen molar-refractivity contribution in [3.8, 4) is 22.7 Å². The molecule has 2 heterocycles. The number of nitrogens with one attached hydrogen (secondary N) is 1. The number of para-hydroxylation sites is 2. The van der Waals surface area contributed by atoms with Crippen molar-refractivity contribution in [2.24, 2.45) is 0 Å². The summed E-state index contributed by atoms with van der Waals surface area (Å²) < 4.78 is 21.0. The molecule has 31 heavy (non-hydrogen) atoms. The Hall–Kier alpha value is -3.93. The fourth-order valence-electron chi connectivity index (χ4n) is 3.73. The third-order valence-electron chi connectivity index (χ3n) is 5.32. The topological polar surface area (TPSA) is 56.2 Å². The van der Waals surface area contributed by atoms with Gasteiger partial charge in [-0.05, 0) is 48.0 Å². The van der Waals surface area contributed by atoms with Crippen molar-refractivity contribution in [3.63, 3.8) is 0 Å². The molecule has 0 saturated heterocycles. The van der Waals surface area contributed by atoms with Crippen molar-refractivity contribution in [1.82, 2.24) is 15.1 Å². The predicted molar refractivity (Wildman–Crippen MR) is 115 cm³/mol. The lowest BCUT2D eigenvalue weighted by Crippen LogP contribution is -2.37. The molecule has 3 aromatic carbocycles. The van der Waals surface area contributed by atoms with Crippen LogP contribution in [-0.4, -0.2) is 21.8 Å². The maximum atomic E-state index is 13.4. The van der Waals surface area contributed by atoms with Gasteiger partial charge in [-0.15, -0.1) is 0 Å². The molecule has 1 aliphatic rings. The van der Waals surface area contributed by atoms with Crippen LogP contribution in [0.15, 0.2) is 85.1 Å². The molecule has 0 unspecified atom stereocenters. The molecule has 1 aromatic heterocycles. The van der Waals surface area contributed by atoms with Gasteiger partial charge in [0, 0.05) is 30.3 Å². The second kappa shape index (κ2) is 8.07. The summed E-state index contributed by atoms with van der Waals surface area (Å²) in [6, 6.07) is 23.6. The van der Waals surface area contributed by atoms with Gasteiger partial charge in [-0.3, -0.25) is 4.79 Å². The van der Waals surface area contributed by atoms with Crippen molar-refractivity contribution >= 4 is 5.91 Å². The first-order chi connectivity index (χ1) is 15.2. The average Bonchev–Trinajstić information content (AvgIpc) is 3.43. The van der Waals surface area contributed by atoms with Crippen molar-refractivity contribution in [2.45, 2.75) is 19.1 Å². The number of carbonyl (C=O) groups is 1. The monoisotopic (exact) mass is 413 g/mol. The van der Waals surface area contributed by atoms with E-state index in [9.17, 15) is 9.18 Å². The second-order valence-electron chi connectivity index (χ2n) is 7.43. The fraction of sp³-hybridized carbons (Fsp3) is 0.120. The van der Waals surface area contributed by atoms with Gasteiger partial charge in [0.05, 0.1) is 11.4 Å². The average molecular weight is 413 g/mol. The quantitative estimate of drug-likeness (QED) is 0.531. The number of aromatic nitrogens is 2. The smallest absolute Gasteiger partial charge is 0.261 e. The maximum absolute atomic E-state index is 13.4. The number of halogens is 1. The van der Waals surface area contributed by atoms with Gasteiger partial charge in [0.15, 0.2) is 6.10 Å². The molecule has 0 spiro atoms. The van der Waals surface area contributed by atoms with Crippen LogP contribution in [0.3, 0.4) is 0 Å². The molecule has 0 saturated carbocycles. The first kappa shape index (κ1) is 19.1. The lowest BCUT2D eigenvalue weighted by atomic mass is 10.1. The van der Waals surface area contributed by atoms with E-state index in [1.165, 1.54) is 12.1 Å².